The molecule has 0 unspecified atom stereocenters. The van der Waals surface area contributed by atoms with E-state index in [9.17, 15) is 18.0 Å². The summed E-state index contributed by atoms with van der Waals surface area (Å²) in [5.41, 5.74) is 2.88. The third-order valence-corrected chi connectivity index (χ3v) is 4.22. The first-order chi connectivity index (χ1) is 13.3. The molecule has 3 aromatic rings. The van der Waals surface area contributed by atoms with E-state index in [-0.39, 0.29) is 11.3 Å². The summed E-state index contributed by atoms with van der Waals surface area (Å²) in [6.07, 6.45) is -1.79. The molecule has 0 amide bonds. The zero-order valence-corrected chi connectivity index (χ0v) is 14.8. The molecule has 8 heteroatoms. The third-order valence-electron chi connectivity index (χ3n) is 4.22. The molecule has 0 radical (unpaired) electrons. The van der Waals surface area contributed by atoms with Crippen molar-refractivity contribution in [3.63, 3.8) is 0 Å². The number of ether oxygens (including phenoxy) is 1. The van der Waals surface area contributed by atoms with Crippen LogP contribution in [0.15, 0.2) is 48.7 Å². The molecule has 1 heterocycles. The lowest BCUT2D eigenvalue weighted by molar-refractivity contribution is -0.153. The minimum absolute atomic E-state index is 0.183. The van der Waals surface area contributed by atoms with E-state index in [1.165, 1.54) is 6.07 Å². The first-order valence-electron chi connectivity index (χ1n) is 8.64. The molecule has 0 saturated carbocycles. The monoisotopic (exact) mass is 392 g/mol. The van der Waals surface area contributed by atoms with Crippen LogP contribution in [-0.2, 0) is 13.0 Å². The molecule has 3 rings (SSSR count). The Morgan fingerprint density at radius 2 is 2.00 bits per heavy atom. The summed E-state index contributed by atoms with van der Waals surface area (Å²) in [5, 5.41) is 13.3. The van der Waals surface area contributed by atoms with Gasteiger partial charge in [-0.05, 0) is 48.4 Å². The Morgan fingerprint density at radius 3 is 2.75 bits per heavy atom. The normalized spacial score (nSPS) is 11.7. The summed E-state index contributed by atoms with van der Waals surface area (Å²) in [6, 6.07) is 11.5. The van der Waals surface area contributed by atoms with Gasteiger partial charge in [-0.3, -0.25) is 0 Å². The molecule has 0 spiro atoms. The Labute approximate surface area is 159 Å². The zero-order chi connectivity index (χ0) is 20.1. The van der Waals surface area contributed by atoms with Crippen LogP contribution >= 0.6 is 0 Å². The van der Waals surface area contributed by atoms with Crippen LogP contribution < -0.4 is 10.1 Å². The van der Waals surface area contributed by atoms with E-state index in [0.717, 1.165) is 28.5 Å². The fraction of sp³-hybridized carbons (Fsp3) is 0.250. The minimum atomic E-state index is -4.36. The van der Waals surface area contributed by atoms with Crippen molar-refractivity contribution >= 4 is 16.9 Å². The highest BCUT2D eigenvalue weighted by atomic mass is 19.4. The van der Waals surface area contributed by atoms with Crippen LogP contribution in [0.4, 0.5) is 13.2 Å². The van der Waals surface area contributed by atoms with Gasteiger partial charge in [0, 0.05) is 23.6 Å². The fourth-order valence-corrected chi connectivity index (χ4v) is 2.89. The van der Waals surface area contributed by atoms with Crippen LogP contribution in [0.1, 0.15) is 21.5 Å². The van der Waals surface area contributed by atoms with Crippen LogP contribution in [-0.4, -0.2) is 35.4 Å². The van der Waals surface area contributed by atoms with Gasteiger partial charge in [0.15, 0.2) is 6.61 Å². The van der Waals surface area contributed by atoms with Crippen LogP contribution in [0.5, 0.6) is 5.75 Å². The number of halogens is 3. The van der Waals surface area contributed by atoms with Crippen molar-refractivity contribution < 1.29 is 27.8 Å². The van der Waals surface area contributed by atoms with Crippen molar-refractivity contribution in [1.82, 2.24) is 10.3 Å². The average Bonchev–Trinajstić information content (AvgIpc) is 3.05. The van der Waals surface area contributed by atoms with Crippen molar-refractivity contribution in [2.24, 2.45) is 0 Å². The van der Waals surface area contributed by atoms with Gasteiger partial charge in [0.25, 0.3) is 0 Å². The summed E-state index contributed by atoms with van der Waals surface area (Å²) in [7, 11) is 0. The van der Waals surface area contributed by atoms with E-state index >= 15 is 0 Å². The maximum atomic E-state index is 12.2. The second kappa shape index (κ2) is 8.35. The Kier molecular flexibility index (Phi) is 5.89. The van der Waals surface area contributed by atoms with Gasteiger partial charge in [0.1, 0.15) is 5.75 Å². The van der Waals surface area contributed by atoms with Crippen molar-refractivity contribution in [2.45, 2.75) is 19.1 Å². The largest absolute Gasteiger partial charge is 0.484 e. The molecule has 0 fully saturated rings. The highest BCUT2D eigenvalue weighted by Gasteiger charge is 2.28. The number of benzene rings is 2. The second-order valence-corrected chi connectivity index (χ2v) is 6.36. The van der Waals surface area contributed by atoms with Gasteiger partial charge < -0.3 is 20.1 Å². The van der Waals surface area contributed by atoms with Gasteiger partial charge in [0.2, 0.25) is 0 Å². The number of fused-ring (bicyclic) bond motifs is 1. The number of hydrogen-bond acceptors (Lipinski definition) is 3. The summed E-state index contributed by atoms with van der Waals surface area (Å²) in [6.45, 7) is -0.163. The number of nitrogens with one attached hydrogen (secondary N) is 2. The van der Waals surface area contributed by atoms with Gasteiger partial charge in [-0.15, -0.1) is 0 Å². The molecule has 0 aliphatic carbocycles. The SMILES string of the molecule is O=C(O)c1ccc2c(CCNCc3cccc(OCC(F)(F)F)c3)c[nH]c2c1. The Bertz CT molecular complexity index is 967. The van der Waals surface area contributed by atoms with Crippen molar-refractivity contribution in [3.8, 4) is 5.75 Å². The zero-order valence-electron chi connectivity index (χ0n) is 14.8. The number of hydrogen-bond donors (Lipinski definition) is 3. The van der Waals surface area contributed by atoms with Gasteiger partial charge in [0.05, 0.1) is 5.56 Å². The number of aromatic nitrogens is 1. The molecule has 1 aromatic heterocycles. The second-order valence-electron chi connectivity index (χ2n) is 6.36. The molecular formula is C20H19F3N2O3. The van der Waals surface area contributed by atoms with Crippen molar-refractivity contribution in [3.05, 3.63) is 65.4 Å². The van der Waals surface area contributed by atoms with Crippen LogP contribution in [0.3, 0.4) is 0 Å². The standard InChI is InChI=1S/C20H19F3N2O3/c21-20(22,23)12-28-16-3-1-2-13(8-16)10-24-7-6-15-11-25-18-9-14(19(26)27)4-5-17(15)18/h1-5,8-9,11,24-25H,6-7,10,12H2,(H,26,27). The maximum absolute atomic E-state index is 12.2. The van der Waals surface area contributed by atoms with Crippen LogP contribution in [0, 0.1) is 0 Å². The first kappa shape index (κ1) is 19.8. The molecule has 3 N–H and O–H groups in total. The molecule has 0 atom stereocenters. The highest BCUT2D eigenvalue weighted by molar-refractivity contribution is 5.94. The Hall–Kier alpha value is -3.00. The molecule has 0 aliphatic heterocycles. The fourth-order valence-electron chi connectivity index (χ4n) is 2.89. The number of rotatable bonds is 8. The molecule has 0 saturated heterocycles. The summed E-state index contributed by atoms with van der Waals surface area (Å²) in [4.78, 5) is 14.1. The number of aromatic carboxylic acids is 1. The van der Waals surface area contributed by atoms with E-state index in [2.05, 4.69) is 10.3 Å². The number of carboxylic acids is 1. The smallest absolute Gasteiger partial charge is 0.422 e. The van der Waals surface area contributed by atoms with Gasteiger partial charge >= 0.3 is 12.1 Å². The summed E-state index contributed by atoms with van der Waals surface area (Å²) < 4.78 is 41.4. The van der Waals surface area contributed by atoms with E-state index in [0.29, 0.717) is 13.1 Å². The van der Waals surface area contributed by atoms with Crippen molar-refractivity contribution in [2.75, 3.05) is 13.2 Å². The maximum Gasteiger partial charge on any atom is 0.422 e. The van der Waals surface area contributed by atoms with Gasteiger partial charge in [-0.25, -0.2) is 4.79 Å². The summed E-state index contributed by atoms with van der Waals surface area (Å²) >= 11 is 0. The number of carbonyl (C=O) groups is 1. The molecule has 0 aliphatic rings. The molecule has 148 valence electrons. The van der Waals surface area contributed by atoms with E-state index in [1.54, 1.807) is 30.3 Å². The van der Waals surface area contributed by atoms with Gasteiger partial charge in [-0.2, -0.15) is 13.2 Å². The van der Waals surface area contributed by atoms with E-state index < -0.39 is 18.8 Å². The number of carboxylic acid groups (broad SMARTS) is 1. The van der Waals surface area contributed by atoms with Crippen LogP contribution in [0.25, 0.3) is 10.9 Å². The molecule has 2 aromatic carbocycles. The average molecular weight is 392 g/mol. The molecule has 0 bridgehead atoms. The predicted molar refractivity (Wildman–Crippen MR) is 98.7 cm³/mol. The van der Waals surface area contributed by atoms with Crippen molar-refractivity contribution in [1.29, 1.82) is 0 Å². The minimum Gasteiger partial charge on any atom is -0.484 e. The van der Waals surface area contributed by atoms with E-state index in [1.807, 2.05) is 12.3 Å². The lowest BCUT2D eigenvalue weighted by Gasteiger charge is -2.10. The lowest BCUT2D eigenvalue weighted by atomic mass is 10.1. The molecule has 5 nitrogen and oxygen atoms in total. The number of H-pyrrole nitrogens is 1. The van der Waals surface area contributed by atoms with Gasteiger partial charge in [-0.1, -0.05) is 18.2 Å². The van der Waals surface area contributed by atoms with E-state index in [4.69, 9.17) is 9.84 Å². The summed E-state index contributed by atoms with van der Waals surface area (Å²) in [5.74, 6) is -0.788. The predicted octanol–water partition coefficient (Wildman–Crippen LogP) is 4.14. The van der Waals surface area contributed by atoms with Crippen LogP contribution in [0.2, 0.25) is 0 Å². The first-order valence-corrected chi connectivity index (χ1v) is 8.64. The number of aromatic amines is 1. The quantitative estimate of drug-likeness (QED) is 0.504. The molecular weight excluding hydrogens is 373 g/mol. The Balaban J connectivity index is 1.52. The number of alkyl halides is 3. The topological polar surface area (TPSA) is 74.3 Å². The molecule has 28 heavy (non-hydrogen) atoms. The highest BCUT2D eigenvalue weighted by Crippen LogP contribution is 2.21. The Morgan fingerprint density at radius 1 is 1.18 bits per heavy atom. The third kappa shape index (κ3) is 5.26. The lowest BCUT2D eigenvalue weighted by Crippen LogP contribution is -2.19.